The number of amides is 3. The van der Waals surface area contributed by atoms with E-state index in [0.717, 1.165) is 25.9 Å². The summed E-state index contributed by atoms with van der Waals surface area (Å²) in [5.41, 5.74) is -0.461. The van der Waals surface area contributed by atoms with E-state index in [1.54, 1.807) is 6.92 Å². The van der Waals surface area contributed by atoms with E-state index in [1.165, 1.54) is 4.90 Å². The summed E-state index contributed by atoms with van der Waals surface area (Å²) < 4.78 is 0. The summed E-state index contributed by atoms with van der Waals surface area (Å²) in [6.07, 6.45) is 1.48. The Morgan fingerprint density at radius 1 is 1.33 bits per heavy atom. The Morgan fingerprint density at radius 2 is 1.94 bits per heavy atom. The van der Waals surface area contributed by atoms with Gasteiger partial charge in [0.2, 0.25) is 17.7 Å². The number of carbonyl (C=O) groups excluding carboxylic acids is 3. The van der Waals surface area contributed by atoms with Crippen LogP contribution >= 0.6 is 0 Å². The lowest BCUT2D eigenvalue weighted by Crippen LogP contribution is -2.61. The van der Waals surface area contributed by atoms with Gasteiger partial charge in [0.1, 0.15) is 12.6 Å². The maximum Gasteiger partial charge on any atom is 0.249 e. The van der Waals surface area contributed by atoms with E-state index < -0.39 is 23.3 Å². The molecule has 0 saturated carbocycles. The van der Waals surface area contributed by atoms with Crippen LogP contribution in [0.25, 0.3) is 0 Å². The van der Waals surface area contributed by atoms with Gasteiger partial charge >= 0.3 is 0 Å². The first-order chi connectivity index (χ1) is 8.44. The van der Waals surface area contributed by atoms with Crippen LogP contribution in [-0.4, -0.2) is 48.3 Å². The van der Waals surface area contributed by atoms with Crippen molar-refractivity contribution in [1.82, 2.24) is 15.5 Å². The second-order valence-corrected chi connectivity index (χ2v) is 5.33. The Kier molecular flexibility index (Phi) is 3.38. The van der Waals surface area contributed by atoms with E-state index in [2.05, 4.69) is 10.6 Å². The maximum atomic E-state index is 12.5. The third-order valence-corrected chi connectivity index (χ3v) is 3.91. The molecule has 0 aliphatic carbocycles. The maximum absolute atomic E-state index is 12.5. The Bertz CT molecular complexity index is 388. The van der Waals surface area contributed by atoms with E-state index >= 15 is 0 Å². The molecule has 1 unspecified atom stereocenters. The quantitative estimate of drug-likeness (QED) is 0.603. The number of hydrogen-bond donors (Lipinski definition) is 2. The summed E-state index contributed by atoms with van der Waals surface area (Å²) in [6, 6.07) is -0.568. The highest BCUT2D eigenvalue weighted by Crippen LogP contribution is 2.31. The molecular weight excluding hydrogens is 234 g/mol. The largest absolute Gasteiger partial charge is 0.321 e. The van der Waals surface area contributed by atoms with Crippen LogP contribution in [0.2, 0.25) is 0 Å². The average molecular weight is 253 g/mol. The van der Waals surface area contributed by atoms with Gasteiger partial charge in [-0.25, -0.2) is 0 Å². The Balaban J connectivity index is 2.16. The fraction of sp³-hybridized carbons (Fsp3) is 0.750. The molecule has 2 saturated heterocycles. The van der Waals surface area contributed by atoms with E-state index in [-0.39, 0.29) is 12.5 Å². The number of carbonyl (C=O) groups is 3. The highest BCUT2D eigenvalue weighted by Gasteiger charge is 2.43. The van der Waals surface area contributed by atoms with Gasteiger partial charge in [-0.15, -0.1) is 0 Å². The topological polar surface area (TPSA) is 78.5 Å². The lowest BCUT2D eigenvalue weighted by atomic mass is 9.79. The molecule has 0 radical (unpaired) electrons. The van der Waals surface area contributed by atoms with Crippen molar-refractivity contribution in [3.05, 3.63) is 0 Å². The molecule has 3 amide bonds. The number of nitrogens with one attached hydrogen (secondary N) is 2. The van der Waals surface area contributed by atoms with Crippen LogP contribution in [0.3, 0.4) is 0 Å². The number of nitrogens with zero attached hydrogens (tertiary/aromatic N) is 1. The van der Waals surface area contributed by atoms with Gasteiger partial charge in [-0.05, 0) is 32.9 Å². The van der Waals surface area contributed by atoms with Gasteiger partial charge in [0.05, 0.1) is 0 Å². The lowest BCUT2D eigenvalue weighted by molar-refractivity contribution is -0.155. The molecule has 18 heavy (non-hydrogen) atoms. The zero-order valence-corrected chi connectivity index (χ0v) is 10.8. The van der Waals surface area contributed by atoms with Gasteiger partial charge in [-0.2, -0.15) is 0 Å². The second-order valence-electron chi connectivity index (χ2n) is 5.33. The molecule has 0 aromatic carbocycles. The van der Waals surface area contributed by atoms with Crippen molar-refractivity contribution in [2.24, 2.45) is 5.41 Å². The van der Waals surface area contributed by atoms with E-state index in [0.29, 0.717) is 0 Å². The van der Waals surface area contributed by atoms with Gasteiger partial charge in [-0.1, -0.05) is 6.92 Å². The van der Waals surface area contributed by atoms with Crippen molar-refractivity contribution in [1.29, 1.82) is 0 Å². The molecule has 2 aliphatic heterocycles. The Morgan fingerprint density at radius 3 is 2.56 bits per heavy atom. The van der Waals surface area contributed by atoms with E-state index in [4.69, 9.17) is 0 Å². The molecule has 2 aliphatic rings. The van der Waals surface area contributed by atoms with E-state index in [1.807, 2.05) is 6.92 Å². The van der Waals surface area contributed by atoms with Crippen LogP contribution in [-0.2, 0) is 14.4 Å². The average Bonchev–Trinajstić information content (AvgIpc) is 2.34. The molecule has 2 rings (SSSR count). The zero-order chi connectivity index (χ0) is 13.3. The van der Waals surface area contributed by atoms with Crippen molar-refractivity contribution < 1.29 is 14.4 Å². The van der Waals surface area contributed by atoms with Crippen molar-refractivity contribution in [2.45, 2.75) is 32.7 Å². The molecule has 6 nitrogen and oxygen atoms in total. The molecular formula is C12H19N3O3. The standard InChI is InChI=1S/C12H19N3O3/c1-8-10(17)14-9(16)7-15(8)11(18)12(2)3-5-13-6-4-12/h8,13H,3-7H2,1-2H3,(H,14,16,17). The number of piperidine rings is 1. The predicted molar refractivity (Wildman–Crippen MR) is 64.5 cm³/mol. The Labute approximate surface area is 106 Å². The van der Waals surface area contributed by atoms with Crippen molar-refractivity contribution in [3.8, 4) is 0 Å². The van der Waals surface area contributed by atoms with Gasteiger partial charge in [-0.3, -0.25) is 19.7 Å². The summed E-state index contributed by atoms with van der Waals surface area (Å²) in [5, 5.41) is 5.45. The minimum absolute atomic E-state index is 0.0191. The SMILES string of the molecule is CC1C(=O)NC(=O)CN1C(=O)C1(C)CCNCC1. The van der Waals surface area contributed by atoms with Gasteiger partial charge < -0.3 is 10.2 Å². The molecule has 0 spiro atoms. The fourth-order valence-electron chi connectivity index (χ4n) is 2.50. The number of hydrogen-bond acceptors (Lipinski definition) is 4. The minimum Gasteiger partial charge on any atom is -0.321 e. The second kappa shape index (κ2) is 4.68. The molecule has 100 valence electrons. The van der Waals surface area contributed by atoms with Gasteiger partial charge in [0, 0.05) is 5.41 Å². The third kappa shape index (κ3) is 2.25. The molecule has 2 fully saturated rings. The van der Waals surface area contributed by atoms with Crippen LogP contribution in [0.5, 0.6) is 0 Å². The van der Waals surface area contributed by atoms with Crippen molar-refractivity contribution >= 4 is 17.7 Å². The number of rotatable bonds is 1. The molecule has 0 aromatic rings. The molecule has 0 bridgehead atoms. The van der Waals surface area contributed by atoms with Gasteiger partial charge in [0.15, 0.2) is 0 Å². The normalized spacial score (nSPS) is 27.9. The van der Waals surface area contributed by atoms with Crippen LogP contribution in [0.1, 0.15) is 26.7 Å². The summed E-state index contributed by atoms with van der Waals surface area (Å²) in [4.78, 5) is 36.9. The van der Waals surface area contributed by atoms with E-state index in [9.17, 15) is 14.4 Å². The predicted octanol–water partition coefficient (Wildman–Crippen LogP) is -0.750. The summed E-state index contributed by atoms with van der Waals surface area (Å²) in [6.45, 7) is 5.15. The number of imide groups is 1. The zero-order valence-electron chi connectivity index (χ0n) is 10.8. The highest BCUT2D eigenvalue weighted by atomic mass is 16.2. The van der Waals surface area contributed by atoms with Crippen LogP contribution < -0.4 is 10.6 Å². The summed E-state index contributed by atoms with van der Waals surface area (Å²) >= 11 is 0. The first-order valence-corrected chi connectivity index (χ1v) is 6.29. The first-order valence-electron chi connectivity index (χ1n) is 6.29. The third-order valence-electron chi connectivity index (χ3n) is 3.91. The molecule has 6 heteroatoms. The summed E-state index contributed by atoms with van der Waals surface area (Å²) in [5.74, 6) is -0.874. The monoisotopic (exact) mass is 253 g/mol. The van der Waals surface area contributed by atoms with Crippen molar-refractivity contribution in [2.75, 3.05) is 19.6 Å². The molecule has 1 atom stereocenters. The van der Waals surface area contributed by atoms with Gasteiger partial charge in [0.25, 0.3) is 0 Å². The molecule has 0 aromatic heterocycles. The highest BCUT2D eigenvalue weighted by molar-refractivity contribution is 6.04. The molecule has 2 N–H and O–H groups in total. The Hall–Kier alpha value is -1.43. The van der Waals surface area contributed by atoms with Crippen molar-refractivity contribution in [3.63, 3.8) is 0 Å². The molecule has 2 heterocycles. The minimum atomic E-state index is -0.568. The fourth-order valence-corrected chi connectivity index (χ4v) is 2.50. The summed E-state index contributed by atoms with van der Waals surface area (Å²) in [7, 11) is 0. The smallest absolute Gasteiger partial charge is 0.249 e. The first kappa shape index (κ1) is 13.0. The lowest BCUT2D eigenvalue weighted by Gasteiger charge is -2.40. The van der Waals surface area contributed by atoms with Crippen LogP contribution in [0, 0.1) is 5.41 Å². The van der Waals surface area contributed by atoms with Crippen LogP contribution in [0.4, 0.5) is 0 Å². The van der Waals surface area contributed by atoms with Crippen LogP contribution in [0.15, 0.2) is 0 Å². The number of piperazine rings is 1.